The van der Waals surface area contributed by atoms with E-state index in [1.54, 1.807) is 86.6 Å². The molecule has 15 nitrogen and oxygen atoms in total. The van der Waals surface area contributed by atoms with Gasteiger partial charge in [0.15, 0.2) is 29.7 Å². The lowest BCUT2D eigenvalue weighted by molar-refractivity contribution is -0.384. The molecule has 6 aromatic carbocycles. The number of sulfone groups is 1. The average molecular weight is 895 g/mol. The van der Waals surface area contributed by atoms with Gasteiger partial charge in [0.05, 0.1) is 27.2 Å². The van der Waals surface area contributed by atoms with Crippen molar-refractivity contribution >= 4 is 45.0 Å². The number of aliphatic carboxylic acids is 3. The first-order valence-electron chi connectivity index (χ1n) is 18.6. The van der Waals surface area contributed by atoms with Crippen molar-refractivity contribution in [2.24, 2.45) is 0 Å². The number of nitro benzene ring substituents is 1. The lowest BCUT2D eigenvalue weighted by Crippen LogP contribution is -2.10. The second-order valence-corrected chi connectivity index (χ2v) is 15.8. The zero-order chi connectivity index (χ0) is 46.1. The molecule has 0 aromatic heterocycles. The smallest absolute Gasteiger partial charge is 0.341 e. The number of rotatable bonds is 15. The van der Waals surface area contributed by atoms with Crippen molar-refractivity contribution in [3.63, 3.8) is 0 Å². The molecule has 0 atom stereocenters. The molecule has 3 N–H and O–H groups in total. The van der Waals surface area contributed by atoms with Crippen molar-refractivity contribution in [3.05, 3.63) is 160 Å². The highest BCUT2D eigenvalue weighted by molar-refractivity contribution is 7.91. The molecule has 0 unspecified atom stereocenters. The van der Waals surface area contributed by atoms with Crippen LogP contribution in [0.25, 0.3) is 33.4 Å². The number of non-ortho nitro benzene ring substituents is 1. The molecule has 0 aliphatic rings. The first-order chi connectivity index (χ1) is 30.0. The van der Waals surface area contributed by atoms with Crippen LogP contribution in [0.3, 0.4) is 0 Å². The number of nitro groups is 1. The van der Waals surface area contributed by atoms with Crippen LogP contribution in [-0.4, -0.2) is 72.1 Å². The van der Waals surface area contributed by atoms with Gasteiger partial charge >= 0.3 is 17.9 Å². The summed E-state index contributed by atoms with van der Waals surface area (Å²) < 4.78 is 39.7. The van der Waals surface area contributed by atoms with E-state index in [0.717, 1.165) is 22.3 Å². The SMILES string of the molecule is CCS(=O)(=O)c1ccc(-c2cc(Cl)ccc2OCC(=O)O)c(C)c1.N#Cc1ccc(OCC(=O)O)c(-c2ccccc2)c1.O=C(O)COc1ccc([N+](=O)[O-])cc1-c1ccccc1. The molecule has 0 spiro atoms. The van der Waals surface area contributed by atoms with Gasteiger partial charge in [-0.05, 0) is 83.8 Å². The minimum Gasteiger partial charge on any atom is -0.481 e. The highest BCUT2D eigenvalue weighted by Crippen LogP contribution is 2.36. The Morgan fingerprint density at radius 1 is 0.651 bits per heavy atom. The minimum atomic E-state index is -3.29. The summed E-state index contributed by atoms with van der Waals surface area (Å²) in [5.74, 6) is -2.09. The fourth-order valence-electron chi connectivity index (χ4n) is 5.72. The van der Waals surface area contributed by atoms with Gasteiger partial charge in [-0.15, -0.1) is 0 Å². The standard InChI is InChI=1S/C17H17ClO5S.C15H11NO3.C14H11NO5/c1-3-24(21,22)13-5-6-14(11(2)8-13)15-9-12(18)4-7-16(15)23-10-17(19)20;16-9-11-6-7-14(19-10-15(17)18)13(8-11)12-4-2-1-3-5-12;16-14(17)9-20-13-7-6-11(15(18)19)8-12(13)10-4-2-1-3-5-10/h4-9H,3,10H2,1-2H3,(H,19,20);1-8H,10H2,(H,17,18);1-8H,9H2,(H,16,17). The van der Waals surface area contributed by atoms with Gasteiger partial charge in [-0.1, -0.05) is 85.3 Å². The maximum absolute atomic E-state index is 12.0. The maximum Gasteiger partial charge on any atom is 0.341 e. The topological polar surface area (TPSA) is 241 Å². The Bertz CT molecular complexity index is 2740. The normalized spacial score (nSPS) is 10.4. The zero-order valence-corrected chi connectivity index (χ0v) is 35.2. The summed E-state index contributed by atoms with van der Waals surface area (Å²) in [6, 6.07) is 39.0. The van der Waals surface area contributed by atoms with E-state index in [9.17, 15) is 32.9 Å². The third kappa shape index (κ3) is 14.2. The molecule has 6 rings (SSSR count). The van der Waals surface area contributed by atoms with Crippen LogP contribution in [0.5, 0.6) is 17.2 Å². The summed E-state index contributed by atoms with van der Waals surface area (Å²) in [6.07, 6.45) is 0. The quantitative estimate of drug-likeness (QED) is 0.0644. The highest BCUT2D eigenvalue weighted by Gasteiger charge is 2.17. The molecule has 0 saturated heterocycles. The van der Waals surface area contributed by atoms with Crippen molar-refractivity contribution in [3.8, 4) is 56.7 Å². The van der Waals surface area contributed by atoms with Crippen LogP contribution in [0.2, 0.25) is 5.02 Å². The first-order valence-corrected chi connectivity index (χ1v) is 20.7. The van der Waals surface area contributed by atoms with Crippen LogP contribution in [0.15, 0.2) is 138 Å². The monoisotopic (exact) mass is 894 g/mol. The van der Waals surface area contributed by atoms with Crippen molar-refractivity contribution in [2.45, 2.75) is 18.7 Å². The number of hydrogen-bond acceptors (Lipinski definition) is 11. The molecule has 0 radical (unpaired) electrons. The third-order valence-electron chi connectivity index (χ3n) is 8.67. The molecule has 0 saturated carbocycles. The van der Waals surface area contributed by atoms with E-state index in [4.69, 9.17) is 46.4 Å². The summed E-state index contributed by atoms with van der Waals surface area (Å²) in [5, 5.41) is 46.3. The predicted molar refractivity (Wildman–Crippen MR) is 234 cm³/mol. The summed E-state index contributed by atoms with van der Waals surface area (Å²) >= 11 is 6.04. The number of carbonyl (C=O) groups is 3. The van der Waals surface area contributed by atoms with E-state index in [1.807, 2.05) is 36.4 Å². The number of carboxylic acid groups (broad SMARTS) is 3. The molecule has 0 amide bonds. The molecule has 0 fully saturated rings. The van der Waals surface area contributed by atoms with Crippen LogP contribution >= 0.6 is 11.6 Å². The third-order valence-corrected chi connectivity index (χ3v) is 10.6. The van der Waals surface area contributed by atoms with Crippen molar-refractivity contribution in [2.75, 3.05) is 25.6 Å². The molecule has 0 aliphatic carbocycles. The number of carboxylic acids is 3. The van der Waals surface area contributed by atoms with Crippen molar-refractivity contribution in [1.82, 2.24) is 0 Å². The second kappa shape index (κ2) is 22.7. The maximum atomic E-state index is 12.0. The molecule has 0 aliphatic heterocycles. The number of nitrogens with zero attached hydrogens (tertiary/aromatic N) is 2. The molecule has 0 heterocycles. The molecular formula is C46H39ClN2O13S. The predicted octanol–water partition coefficient (Wildman–Crippen LogP) is 8.99. The summed E-state index contributed by atoms with van der Waals surface area (Å²) in [7, 11) is -3.29. The lowest BCUT2D eigenvalue weighted by Gasteiger charge is -2.14. The van der Waals surface area contributed by atoms with E-state index >= 15 is 0 Å². The van der Waals surface area contributed by atoms with Crippen LogP contribution in [0.4, 0.5) is 5.69 Å². The van der Waals surface area contributed by atoms with Gasteiger partial charge in [-0.3, -0.25) is 10.1 Å². The number of hydrogen-bond donors (Lipinski definition) is 3. The van der Waals surface area contributed by atoms with Gasteiger partial charge in [-0.25, -0.2) is 22.8 Å². The van der Waals surface area contributed by atoms with E-state index in [0.29, 0.717) is 44.5 Å². The van der Waals surface area contributed by atoms with E-state index < -0.39 is 52.5 Å². The van der Waals surface area contributed by atoms with Gasteiger partial charge in [0.2, 0.25) is 0 Å². The average Bonchev–Trinajstić information content (AvgIpc) is 3.28. The first kappa shape index (κ1) is 47.9. The Morgan fingerprint density at radius 3 is 1.59 bits per heavy atom. The number of nitriles is 1. The summed E-state index contributed by atoms with van der Waals surface area (Å²) in [4.78, 5) is 42.4. The Morgan fingerprint density at radius 2 is 1.13 bits per heavy atom. The largest absolute Gasteiger partial charge is 0.481 e. The highest BCUT2D eigenvalue weighted by atomic mass is 35.5. The van der Waals surface area contributed by atoms with E-state index in [2.05, 4.69) is 6.07 Å². The second-order valence-electron chi connectivity index (χ2n) is 13.1. The molecule has 324 valence electrons. The molecule has 17 heteroatoms. The van der Waals surface area contributed by atoms with Crippen LogP contribution in [0, 0.1) is 28.4 Å². The Kier molecular flexibility index (Phi) is 17.3. The number of benzene rings is 6. The van der Waals surface area contributed by atoms with Gasteiger partial charge in [-0.2, -0.15) is 5.26 Å². The Hall–Kier alpha value is -7.74. The summed E-state index contributed by atoms with van der Waals surface area (Å²) in [6.45, 7) is 1.98. The zero-order valence-electron chi connectivity index (χ0n) is 33.6. The van der Waals surface area contributed by atoms with Gasteiger partial charge < -0.3 is 29.5 Å². The number of halogens is 1. The Labute approximate surface area is 367 Å². The summed E-state index contributed by atoms with van der Waals surface area (Å²) in [5.41, 5.74) is 5.29. The van der Waals surface area contributed by atoms with E-state index in [1.165, 1.54) is 24.3 Å². The molecule has 63 heavy (non-hydrogen) atoms. The number of ether oxygens (including phenoxy) is 3. The Balaban J connectivity index is 0.000000209. The minimum absolute atomic E-state index is 0.0237. The van der Waals surface area contributed by atoms with Crippen LogP contribution < -0.4 is 14.2 Å². The van der Waals surface area contributed by atoms with Crippen LogP contribution in [-0.2, 0) is 24.2 Å². The van der Waals surface area contributed by atoms with Crippen LogP contribution in [0.1, 0.15) is 18.1 Å². The number of aryl methyl sites for hydroxylation is 1. The lowest BCUT2D eigenvalue weighted by atomic mass is 10.00. The van der Waals surface area contributed by atoms with Crippen molar-refractivity contribution in [1.29, 1.82) is 5.26 Å². The van der Waals surface area contributed by atoms with E-state index in [-0.39, 0.29) is 16.3 Å². The fourth-order valence-corrected chi connectivity index (χ4v) is 6.86. The molecule has 6 aromatic rings. The van der Waals surface area contributed by atoms with Gasteiger partial charge in [0, 0.05) is 33.8 Å². The molecule has 0 bridgehead atoms. The fraction of sp³-hybridized carbons (Fsp3) is 0.130. The van der Waals surface area contributed by atoms with Gasteiger partial charge in [0.1, 0.15) is 17.2 Å². The van der Waals surface area contributed by atoms with Gasteiger partial charge in [0.25, 0.3) is 5.69 Å². The van der Waals surface area contributed by atoms with Crippen molar-refractivity contribution < 1.29 is 57.3 Å². The molecular weight excluding hydrogens is 856 g/mol.